The van der Waals surface area contributed by atoms with Gasteiger partial charge in [-0.1, -0.05) is 13.8 Å². The van der Waals surface area contributed by atoms with Crippen LogP contribution < -0.4 is 10.6 Å². The van der Waals surface area contributed by atoms with Gasteiger partial charge in [0.2, 0.25) is 5.91 Å². The van der Waals surface area contributed by atoms with Crippen LogP contribution in [0.3, 0.4) is 0 Å². The van der Waals surface area contributed by atoms with Gasteiger partial charge in [0.25, 0.3) is 0 Å². The molecule has 1 fully saturated rings. The number of benzene rings is 1. The van der Waals surface area contributed by atoms with Gasteiger partial charge in [-0.3, -0.25) is 4.79 Å². The summed E-state index contributed by atoms with van der Waals surface area (Å²) in [5, 5.41) is 6.33. The van der Waals surface area contributed by atoms with Crippen molar-refractivity contribution in [1.29, 1.82) is 0 Å². The number of rotatable bonds is 4. The molecular formula is C14H20N2O. The number of nitrogens with one attached hydrogen (secondary N) is 2. The summed E-state index contributed by atoms with van der Waals surface area (Å²) < 4.78 is 0. The Bertz CT molecular complexity index is 380. The quantitative estimate of drug-likeness (QED) is 0.836. The van der Waals surface area contributed by atoms with Crippen molar-refractivity contribution in [2.45, 2.75) is 39.2 Å². The number of hydrogen-bond donors (Lipinski definition) is 2. The highest BCUT2D eigenvalue weighted by molar-refractivity contribution is 5.90. The number of carbonyl (C=O) groups is 1. The van der Waals surface area contributed by atoms with E-state index in [4.69, 9.17) is 0 Å². The van der Waals surface area contributed by atoms with Gasteiger partial charge in [0, 0.05) is 23.8 Å². The van der Waals surface area contributed by atoms with Crippen LogP contribution in [-0.2, 0) is 4.79 Å². The summed E-state index contributed by atoms with van der Waals surface area (Å²) in [4.78, 5) is 11.2. The Labute approximate surface area is 103 Å². The molecular weight excluding hydrogens is 212 g/mol. The highest BCUT2D eigenvalue weighted by Crippen LogP contribution is 2.29. The third kappa shape index (κ3) is 3.22. The second-order valence-corrected chi connectivity index (χ2v) is 4.90. The molecule has 1 aromatic carbocycles. The molecule has 1 aromatic rings. The summed E-state index contributed by atoms with van der Waals surface area (Å²) in [6, 6.07) is 8.56. The zero-order valence-corrected chi connectivity index (χ0v) is 10.5. The summed E-state index contributed by atoms with van der Waals surface area (Å²) in [6.45, 7) is 4.13. The fraction of sp³-hybridized carbons (Fsp3) is 0.500. The van der Waals surface area contributed by atoms with Gasteiger partial charge in [0.15, 0.2) is 0 Å². The third-order valence-electron chi connectivity index (χ3n) is 3.23. The smallest absolute Gasteiger partial charge is 0.224 e. The molecule has 0 saturated heterocycles. The minimum atomic E-state index is 0.0542. The Hall–Kier alpha value is -1.51. The van der Waals surface area contributed by atoms with Crippen molar-refractivity contribution >= 4 is 17.3 Å². The molecule has 0 bridgehead atoms. The summed E-state index contributed by atoms with van der Waals surface area (Å²) in [5.41, 5.74) is 2.00. The van der Waals surface area contributed by atoms with Gasteiger partial charge in [-0.05, 0) is 43.0 Å². The number of carbonyl (C=O) groups excluding carboxylic acids is 1. The molecule has 0 atom stereocenters. The van der Waals surface area contributed by atoms with Crippen LogP contribution in [0.25, 0.3) is 0 Å². The van der Waals surface area contributed by atoms with Crippen LogP contribution in [0.1, 0.15) is 33.1 Å². The average molecular weight is 232 g/mol. The van der Waals surface area contributed by atoms with Gasteiger partial charge in [-0.2, -0.15) is 0 Å². The van der Waals surface area contributed by atoms with Gasteiger partial charge in [-0.25, -0.2) is 0 Å². The molecule has 2 N–H and O–H groups in total. The van der Waals surface area contributed by atoms with Crippen molar-refractivity contribution in [3.63, 3.8) is 0 Å². The van der Waals surface area contributed by atoms with Crippen LogP contribution in [0.4, 0.5) is 11.4 Å². The van der Waals surface area contributed by atoms with E-state index in [0.717, 1.165) is 17.3 Å². The second kappa shape index (κ2) is 5.21. The van der Waals surface area contributed by atoms with Gasteiger partial charge in [-0.15, -0.1) is 0 Å². The Kier molecular flexibility index (Phi) is 3.67. The lowest BCUT2D eigenvalue weighted by atomic mass is 9.82. The lowest BCUT2D eigenvalue weighted by Gasteiger charge is -2.34. The summed E-state index contributed by atoms with van der Waals surface area (Å²) in [7, 11) is 0. The van der Waals surface area contributed by atoms with E-state index < -0.39 is 0 Å². The first-order valence-electron chi connectivity index (χ1n) is 6.34. The van der Waals surface area contributed by atoms with E-state index in [1.165, 1.54) is 12.8 Å². The predicted octanol–water partition coefficient (Wildman–Crippen LogP) is 3.25. The fourth-order valence-electron chi connectivity index (χ4n) is 2.16. The van der Waals surface area contributed by atoms with E-state index in [1.54, 1.807) is 0 Å². The third-order valence-corrected chi connectivity index (χ3v) is 3.23. The Morgan fingerprint density at radius 1 is 1.24 bits per heavy atom. The molecule has 0 aliphatic heterocycles. The maximum absolute atomic E-state index is 11.2. The normalized spacial score (nSPS) is 22.7. The van der Waals surface area contributed by atoms with Crippen LogP contribution >= 0.6 is 0 Å². The first-order chi connectivity index (χ1) is 8.17. The van der Waals surface area contributed by atoms with E-state index in [-0.39, 0.29) is 5.91 Å². The van der Waals surface area contributed by atoms with Gasteiger partial charge >= 0.3 is 0 Å². The minimum absolute atomic E-state index is 0.0542. The van der Waals surface area contributed by atoms with Crippen molar-refractivity contribution in [2.24, 2.45) is 5.92 Å². The first-order valence-corrected chi connectivity index (χ1v) is 6.34. The lowest BCUT2D eigenvalue weighted by Crippen LogP contribution is -2.33. The molecule has 1 aliphatic carbocycles. The number of anilines is 2. The molecule has 17 heavy (non-hydrogen) atoms. The molecule has 3 heteroatoms. The van der Waals surface area contributed by atoms with E-state index >= 15 is 0 Å². The maximum atomic E-state index is 11.2. The molecule has 92 valence electrons. The molecule has 3 nitrogen and oxygen atoms in total. The number of hydrogen-bond acceptors (Lipinski definition) is 2. The second-order valence-electron chi connectivity index (χ2n) is 4.90. The monoisotopic (exact) mass is 232 g/mol. The van der Waals surface area contributed by atoms with Crippen LogP contribution in [-0.4, -0.2) is 11.9 Å². The molecule has 0 aromatic heterocycles. The van der Waals surface area contributed by atoms with Gasteiger partial charge in [0.05, 0.1) is 0 Å². The van der Waals surface area contributed by atoms with Crippen molar-refractivity contribution in [3.05, 3.63) is 24.3 Å². The number of amides is 1. The van der Waals surface area contributed by atoms with E-state index in [0.29, 0.717) is 12.5 Å². The summed E-state index contributed by atoms with van der Waals surface area (Å²) >= 11 is 0. The van der Waals surface area contributed by atoms with Gasteiger partial charge < -0.3 is 10.6 Å². The van der Waals surface area contributed by atoms with Gasteiger partial charge in [0.1, 0.15) is 0 Å². The average Bonchev–Trinajstić information content (AvgIpc) is 2.29. The van der Waals surface area contributed by atoms with E-state index in [9.17, 15) is 4.79 Å². The molecule has 0 heterocycles. The first kappa shape index (κ1) is 12.0. The largest absolute Gasteiger partial charge is 0.382 e. The summed E-state index contributed by atoms with van der Waals surface area (Å²) in [6.07, 6.45) is 3.03. The van der Waals surface area contributed by atoms with Crippen molar-refractivity contribution in [3.8, 4) is 0 Å². The molecule has 1 aliphatic rings. The molecule has 2 rings (SSSR count). The molecule has 0 unspecified atom stereocenters. The highest BCUT2D eigenvalue weighted by Gasteiger charge is 2.24. The lowest BCUT2D eigenvalue weighted by molar-refractivity contribution is -0.115. The Morgan fingerprint density at radius 2 is 1.82 bits per heavy atom. The predicted molar refractivity (Wildman–Crippen MR) is 71.2 cm³/mol. The Balaban J connectivity index is 1.87. The van der Waals surface area contributed by atoms with E-state index in [2.05, 4.69) is 17.6 Å². The fourth-order valence-corrected chi connectivity index (χ4v) is 2.16. The highest BCUT2D eigenvalue weighted by atomic mass is 16.1. The zero-order valence-electron chi connectivity index (χ0n) is 10.5. The molecule has 1 saturated carbocycles. The van der Waals surface area contributed by atoms with Crippen LogP contribution in [0.2, 0.25) is 0 Å². The molecule has 1 amide bonds. The minimum Gasteiger partial charge on any atom is -0.382 e. The van der Waals surface area contributed by atoms with E-state index in [1.807, 2.05) is 31.2 Å². The zero-order chi connectivity index (χ0) is 12.3. The molecule has 0 radical (unpaired) electrons. The maximum Gasteiger partial charge on any atom is 0.224 e. The molecule has 0 spiro atoms. The van der Waals surface area contributed by atoms with Crippen molar-refractivity contribution < 1.29 is 4.79 Å². The van der Waals surface area contributed by atoms with Crippen molar-refractivity contribution in [1.82, 2.24) is 0 Å². The van der Waals surface area contributed by atoms with Crippen LogP contribution in [0.5, 0.6) is 0 Å². The topological polar surface area (TPSA) is 41.1 Å². The van der Waals surface area contributed by atoms with Crippen molar-refractivity contribution in [2.75, 3.05) is 10.6 Å². The van der Waals surface area contributed by atoms with Crippen LogP contribution in [0, 0.1) is 5.92 Å². The standard InChI is InChI=1S/C14H20N2O/c1-3-14(17)16-12-6-4-11(5-7-12)15-13-8-10(2)9-13/h4-7,10,13,15H,3,8-9H2,1-2H3,(H,16,17). The summed E-state index contributed by atoms with van der Waals surface area (Å²) in [5.74, 6) is 0.911. The van der Waals surface area contributed by atoms with Crippen LogP contribution in [0.15, 0.2) is 24.3 Å². The Morgan fingerprint density at radius 3 is 2.35 bits per heavy atom. The SMILES string of the molecule is CCC(=O)Nc1ccc(NC2CC(C)C2)cc1.